The number of aliphatic hydroxyl groups excluding tert-OH is 1. The number of hydrogen-bond donors (Lipinski definition) is 2. The molecule has 1 aromatic carbocycles. The Kier molecular flexibility index (Phi) is 4.92. The molecule has 1 aliphatic heterocycles. The van der Waals surface area contributed by atoms with Crippen LogP contribution in [0.4, 0.5) is 11.4 Å². The molecule has 20 heavy (non-hydrogen) atoms. The summed E-state index contributed by atoms with van der Waals surface area (Å²) in [4.78, 5) is 12.9. The van der Waals surface area contributed by atoms with Crippen LogP contribution in [-0.2, 0) is 6.54 Å². The topological polar surface area (TPSA) is 78.6 Å². The summed E-state index contributed by atoms with van der Waals surface area (Å²) >= 11 is 0. The Morgan fingerprint density at radius 1 is 1.50 bits per heavy atom. The van der Waals surface area contributed by atoms with Crippen molar-refractivity contribution < 1.29 is 10.0 Å². The fourth-order valence-corrected chi connectivity index (χ4v) is 2.85. The van der Waals surface area contributed by atoms with Crippen molar-refractivity contribution in [1.29, 1.82) is 0 Å². The summed E-state index contributed by atoms with van der Waals surface area (Å²) in [6.45, 7) is 1.70. The standard InChI is InChI=1S/C14H21N3O3/c1-15-14-11(5-4-7-13(14)17(19)20)9-16-8-3-2-6-12(16)10-18/h4-5,7,12,15,18H,2-3,6,8-10H2,1H3. The second-order valence-corrected chi connectivity index (χ2v) is 5.12. The van der Waals surface area contributed by atoms with E-state index in [0.717, 1.165) is 31.4 Å². The van der Waals surface area contributed by atoms with Crippen LogP contribution in [0.5, 0.6) is 0 Å². The van der Waals surface area contributed by atoms with E-state index in [1.807, 2.05) is 6.07 Å². The number of nitro groups is 1. The quantitative estimate of drug-likeness (QED) is 0.636. The average Bonchev–Trinajstić information content (AvgIpc) is 2.47. The predicted molar refractivity (Wildman–Crippen MR) is 77.8 cm³/mol. The number of hydrogen-bond acceptors (Lipinski definition) is 5. The van der Waals surface area contributed by atoms with E-state index in [-0.39, 0.29) is 23.3 Å². The van der Waals surface area contributed by atoms with Crippen molar-refractivity contribution >= 4 is 11.4 Å². The molecule has 1 fully saturated rings. The van der Waals surface area contributed by atoms with Crippen LogP contribution in [0.3, 0.4) is 0 Å². The van der Waals surface area contributed by atoms with Crippen LogP contribution in [0.15, 0.2) is 18.2 Å². The van der Waals surface area contributed by atoms with Gasteiger partial charge in [0.1, 0.15) is 5.69 Å². The zero-order chi connectivity index (χ0) is 14.5. The van der Waals surface area contributed by atoms with Crippen molar-refractivity contribution in [3.63, 3.8) is 0 Å². The molecule has 1 saturated heterocycles. The zero-order valence-corrected chi connectivity index (χ0v) is 11.7. The Hall–Kier alpha value is -1.66. The van der Waals surface area contributed by atoms with Crippen LogP contribution in [0, 0.1) is 10.1 Å². The van der Waals surface area contributed by atoms with E-state index in [9.17, 15) is 15.2 Å². The number of likely N-dealkylation sites (tertiary alicyclic amines) is 1. The van der Waals surface area contributed by atoms with Crippen LogP contribution < -0.4 is 5.32 Å². The predicted octanol–water partition coefficient (Wildman–Crippen LogP) is 1.98. The molecule has 0 saturated carbocycles. The van der Waals surface area contributed by atoms with Gasteiger partial charge in [0.25, 0.3) is 5.69 Å². The van der Waals surface area contributed by atoms with Crippen LogP contribution >= 0.6 is 0 Å². The third-order valence-electron chi connectivity index (χ3n) is 3.91. The van der Waals surface area contributed by atoms with E-state index in [1.54, 1.807) is 13.1 Å². The maximum absolute atomic E-state index is 11.1. The minimum absolute atomic E-state index is 0.0996. The molecule has 0 bridgehead atoms. The van der Waals surface area contributed by atoms with Gasteiger partial charge in [-0.05, 0) is 24.9 Å². The van der Waals surface area contributed by atoms with Gasteiger partial charge in [0.05, 0.1) is 11.5 Å². The molecular formula is C14H21N3O3. The number of nitro benzene ring substituents is 1. The highest BCUT2D eigenvalue weighted by Gasteiger charge is 2.24. The Bertz CT molecular complexity index is 479. The van der Waals surface area contributed by atoms with Crippen molar-refractivity contribution in [3.05, 3.63) is 33.9 Å². The largest absolute Gasteiger partial charge is 0.395 e. The highest BCUT2D eigenvalue weighted by atomic mass is 16.6. The van der Waals surface area contributed by atoms with E-state index in [1.165, 1.54) is 6.07 Å². The Morgan fingerprint density at radius 2 is 2.30 bits per heavy atom. The average molecular weight is 279 g/mol. The molecule has 2 N–H and O–H groups in total. The Balaban J connectivity index is 2.24. The van der Waals surface area contributed by atoms with Gasteiger partial charge in [-0.15, -0.1) is 0 Å². The Labute approximate surface area is 118 Å². The SMILES string of the molecule is CNc1c(CN2CCCCC2CO)cccc1[N+](=O)[O-]. The number of anilines is 1. The van der Waals surface area contributed by atoms with Crippen LogP contribution in [0.1, 0.15) is 24.8 Å². The van der Waals surface area contributed by atoms with Crippen molar-refractivity contribution in [3.8, 4) is 0 Å². The first kappa shape index (κ1) is 14.7. The second kappa shape index (κ2) is 6.67. The molecule has 0 aromatic heterocycles. The number of nitrogens with zero attached hydrogens (tertiary/aromatic N) is 2. The fraction of sp³-hybridized carbons (Fsp3) is 0.571. The van der Waals surface area contributed by atoms with Crippen LogP contribution in [0.25, 0.3) is 0 Å². The fourth-order valence-electron chi connectivity index (χ4n) is 2.85. The highest BCUT2D eigenvalue weighted by Crippen LogP contribution is 2.30. The molecule has 1 atom stereocenters. The molecule has 0 aliphatic carbocycles. The molecule has 6 nitrogen and oxygen atoms in total. The van der Waals surface area contributed by atoms with Gasteiger partial charge in [-0.3, -0.25) is 15.0 Å². The van der Waals surface area contributed by atoms with E-state index < -0.39 is 0 Å². The lowest BCUT2D eigenvalue weighted by Crippen LogP contribution is -2.41. The first-order chi connectivity index (χ1) is 9.67. The number of rotatable bonds is 5. The molecule has 1 aromatic rings. The number of aliphatic hydroxyl groups is 1. The minimum Gasteiger partial charge on any atom is -0.395 e. The number of para-hydroxylation sites is 1. The molecule has 110 valence electrons. The van der Waals surface area contributed by atoms with Crippen LogP contribution in [0.2, 0.25) is 0 Å². The molecule has 1 aliphatic rings. The number of nitrogens with one attached hydrogen (secondary N) is 1. The van der Waals surface area contributed by atoms with Gasteiger partial charge in [-0.25, -0.2) is 0 Å². The summed E-state index contributed by atoms with van der Waals surface area (Å²) in [6.07, 6.45) is 3.23. The van der Waals surface area contributed by atoms with E-state index in [4.69, 9.17) is 0 Å². The van der Waals surface area contributed by atoms with Crippen molar-refractivity contribution in [2.45, 2.75) is 31.8 Å². The van der Waals surface area contributed by atoms with Gasteiger partial charge in [-0.1, -0.05) is 18.6 Å². The van der Waals surface area contributed by atoms with E-state index in [2.05, 4.69) is 10.2 Å². The lowest BCUT2D eigenvalue weighted by Gasteiger charge is -2.34. The maximum Gasteiger partial charge on any atom is 0.292 e. The number of piperidine rings is 1. The van der Waals surface area contributed by atoms with E-state index >= 15 is 0 Å². The second-order valence-electron chi connectivity index (χ2n) is 5.12. The molecule has 1 unspecified atom stereocenters. The zero-order valence-electron chi connectivity index (χ0n) is 11.7. The van der Waals surface area contributed by atoms with Gasteiger partial charge in [-0.2, -0.15) is 0 Å². The lowest BCUT2D eigenvalue weighted by atomic mass is 10.0. The Morgan fingerprint density at radius 3 is 2.95 bits per heavy atom. The van der Waals surface area contributed by atoms with Gasteiger partial charge in [0, 0.05) is 25.7 Å². The summed E-state index contributed by atoms with van der Waals surface area (Å²) in [5, 5.41) is 23.4. The van der Waals surface area contributed by atoms with Crippen LogP contribution in [-0.4, -0.2) is 41.2 Å². The van der Waals surface area contributed by atoms with Gasteiger partial charge in [0.15, 0.2) is 0 Å². The molecule has 0 spiro atoms. The summed E-state index contributed by atoms with van der Waals surface area (Å²) in [5.74, 6) is 0. The molecule has 0 amide bonds. The molecule has 6 heteroatoms. The third kappa shape index (κ3) is 3.08. The van der Waals surface area contributed by atoms with Gasteiger partial charge in [0.2, 0.25) is 0 Å². The third-order valence-corrected chi connectivity index (χ3v) is 3.91. The van der Waals surface area contributed by atoms with E-state index in [0.29, 0.717) is 12.2 Å². The summed E-state index contributed by atoms with van der Waals surface area (Å²) in [7, 11) is 1.70. The first-order valence-corrected chi connectivity index (χ1v) is 6.96. The number of benzene rings is 1. The molecular weight excluding hydrogens is 258 g/mol. The summed E-state index contributed by atoms with van der Waals surface area (Å²) < 4.78 is 0. The summed E-state index contributed by atoms with van der Waals surface area (Å²) in [6, 6.07) is 5.29. The smallest absolute Gasteiger partial charge is 0.292 e. The molecule has 2 rings (SSSR count). The first-order valence-electron chi connectivity index (χ1n) is 6.96. The minimum atomic E-state index is -0.366. The molecule has 1 heterocycles. The van der Waals surface area contributed by atoms with Gasteiger partial charge >= 0.3 is 0 Å². The monoisotopic (exact) mass is 279 g/mol. The summed E-state index contributed by atoms with van der Waals surface area (Å²) in [5.41, 5.74) is 1.57. The van der Waals surface area contributed by atoms with Crippen molar-refractivity contribution in [2.24, 2.45) is 0 Å². The van der Waals surface area contributed by atoms with Gasteiger partial charge < -0.3 is 10.4 Å². The maximum atomic E-state index is 11.1. The normalized spacial score (nSPS) is 19.8. The highest BCUT2D eigenvalue weighted by molar-refractivity contribution is 5.66. The van der Waals surface area contributed by atoms with Crippen molar-refractivity contribution in [2.75, 3.05) is 25.5 Å². The lowest BCUT2D eigenvalue weighted by molar-refractivity contribution is -0.384. The molecule has 0 radical (unpaired) electrons. The van der Waals surface area contributed by atoms with Crippen molar-refractivity contribution in [1.82, 2.24) is 4.90 Å².